The van der Waals surface area contributed by atoms with Gasteiger partial charge in [0.05, 0.1) is 22.9 Å². The Kier molecular flexibility index (Phi) is 7.02. The fourth-order valence-electron chi connectivity index (χ4n) is 3.12. The van der Waals surface area contributed by atoms with Crippen LogP contribution in [0.5, 0.6) is 17.2 Å². The van der Waals surface area contributed by atoms with E-state index in [1.54, 1.807) is 14.2 Å². The molecule has 2 aromatic carbocycles. The molecule has 0 atom stereocenters. The highest BCUT2D eigenvalue weighted by Crippen LogP contribution is 2.30. The molecular weight excluding hydrogens is 443 g/mol. The van der Waals surface area contributed by atoms with Crippen LogP contribution >= 0.6 is 22.6 Å². The summed E-state index contributed by atoms with van der Waals surface area (Å²) in [4.78, 5) is 0. The molecule has 140 valence electrons. The normalized spacial score (nSPS) is 19.8. The lowest BCUT2D eigenvalue weighted by Gasteiger charge is -2.28. The van der Waals surface area contributed by atoms with Crippen LogP contribution in [0.2, 0.25) is 0 Å². The molecule has 0 unspecified atom stereocenters. The largest absolute Gasteiger partial charge is 0.497 e. The summed E-state index contributed by atoms with van der Waals surface area (Å²) in [5, 5.41) is 0. The maximum Gasteiger partial charge on any atom is 0.133 e. The molecule has 0 spiro atoms. The molecule has 0 heterocycles. The summed E-state index contributed by atoms with van der Waals surface area (Å²) in [5.74, 6) is 2.63. The van der Waals surface area contributed by atoms with E-state index in [1.165, 1.54) is 0 Å². The molecule has 0 aliphatic heterocycles. The topological polar surface area (TPSA) is 36.9 Å². The number of hydrogen-bond acceptors (Lipinski definition) is 4. The number of ether oxygens (including phenoxy) is 4. The van der Waals surface area contributed by atoms with Crippen molar-refractivity contribution in [3.05, 3.63) is 51.6 Å². The number of methoxy groups -OCH3 is 2. The lowest BCUT2D eigenvalue weighted by Crippen LogP contribution is -2.27. The Hall–Kier alpha value is -1.47. The standard InChI is InChI=1S/C21H25IO4/c1-23-16-5-3-15(4-6-16)14-25-19-11-12-21(20(22)13-19)26-18-9-7-17(24-2)8-10-18/h3-6,11-13,17-18H,7-10,14H2,1-2H3. The van der Waals surface area contributed by atoms with E-state index in [0.717, 1.165) is 52.1 Å². The van der Waals surface area contributed by atoms with Gasteiger partial charge in [0.25, 0.3) is 0 Å². The van der Waals surface area contributed by atoms with Crippen LogP contribution in [0.1, 0.15) is 31.2 Å². The van der Waals surface area contributed by atoms with Crippen molar-refractivity contribution in [3.8, 4) is 17.2 Å². The van der Waals surface area contributed by atoms with E-state index in [4.69, 9.17) is 18.9 Å². The summed E-state index contributed by atoms with van der Waals surface area (Å²) in [6, 6.07) is 13.9. The number of benzene rings is 2. The minimum Gasteiger partial charge on any atom is -0.497 e. The van der Waals surface area contributed by atoms with Crippen LogP contribution in [0.4, 0.5) is 0 Å². The Balaban J connectivity index is 1.53. The second-order valence-electron chi connectivity index (χ2n) is 6.48. The van der Waals surface area contributed by atoms with E-state index < -0.39 is 0 Å². The van der Waals surface area contributed by atoms with Crippen molar-refractivity contribution < 1.29 is 18.9 Å². The Morgan fingerprint density at radius 1 is 0.885 bits per heavy atom. The molecule has 5 heteroatoms. The SMILES string of the molecule is COc1ccc(COc2ccc(OC3CCC(OC)CC3)c(I)c2)cc1. The van der Waals surface area contributed by atoms with E-state index in [9.17, 15) is 0 Å². The molecular formula is C21H25IO4. The third-order valence-electron chi connectivity index (χ3n) is 4.72. The van der Waals surface area contributed by atoms with Crippen LogP contribution in [0.25, 0.3) is 0 Å². The minimum atomic E-state index is 0.279. The molecule has 0 saturated heterocycles. The zero-order valence-electron chi connectivity index (χ0n) is 15.2. The molecule has 0 N–H and O–H groups in total. The molecule has 1 fully saturated rings. The van der Waals surface area contributed by atoms with Crippen molar-refractivity contribution in [2.24, 2.45) is 0 Å². The van der Waals surface area contributed by atoms with Gasteiger partial charge < -0.3 is 18.9 Å². The lowest BCUT2D eigenvalue weighted by molar-refractivity contribution is 0.0325. The van der Waals surface area contributed by atoms with E-state index in [-0.39, 0.29) is 6.10 Å². The first-order chi connectivity index (χ1) is 12.7. The first-order valence-electron chi connectivity index (χ1n) is 8.92. The third-order valence-corrected chi connectivity index (χ3v) is 5.56. The highest BCUT2D eigenvalue weighted by molar-refractivity contribution is 14.1. The maximum absolute atomic E-state index is 6.19. The predicted octanol–water partition coefficient (Wildman–Crippen LogP) is 5.22. The van der Waals surface area contributed by atoms with Crippen LogP contribution in [0, 0.1) is 3.57 Å². The Bertz CT molecular complexity index is 694. The average Bonchev–Trinajstić information content (AvgIpc) is 2.69. The molecule has 26 heavy (non-hydrogen) atoms. The van der Waals surface area contributed by atoms with Crippen LogP contribution in [0.3, 0.4) is 0 Å². The van der Waals surface area contributed by atoms with Gasteiger partial charge in [-0.3, -0.25) is 0 Å². The molecule has 0 aromatic heterocycles. The molecule has 1 saturated carbocycles. The van der Waals surface area contributed by atoms with Gasteiger partial charge in [0.2, 0.25) is 0 Å². The first-order valence-corrected chi connectivity index (χ1v) is 10.0. The third kappa shape index (κ3) is 5.27. The van der Waals surface area contributed by atoms with Crippen molar-refractivity contribution in [3.63, 3.8) is 0 Å². The highest BCUT2D eigenvalue weighted by Gasteiger charge is 2.22. The van der Waals surface area contributed by atoms with Gasteiger partial charge in [-0.2, -0.15) is 0 Å². The average molecular weight is 468 g/mol. The van der Waals surface area contributed by atoms with Gasteiger partial charge in [0.15, 0.2) is 0 Å². The fraction of sp³-hybridized carbons (Fsp3) is 0.429. The smallest absolute Gasteiger partial charge is 0.133 e. The number of halogens is 1. The van der Waals surface area contributed by atoms with Crippen LogP contribution in [-0.4, -0.2) is 26.4 Å². The van der Waals surface area contributed by atoms with Gasteiger partial charge in [-0.05, 0) is 84.2 Å². The first kappa shape index (κ1) is 19.3. The van der Waals surface area contributed by atoms with E-state index in [2.05, 4.69) is 22.6 Å². The van der Waals surface area contributed by atoms with E-state index in [1.807, 2.05) is 42.5 Å². The Morgan fingerprint density at radius 2 is 1.54 bits per heavy atom. The highest BCUT2D eigenvalue weighted by atomic mass is 127. The lowest BCUT2D eigenvalue weighted by atomic mass is 9.95. The molecule has 1 aliphatic carbocycles. The van der Waals surface area contributed by atoms with E-state index in [0.29, 0.717) is 12.7 Å². The van der Waals surface area contributed by atoms with Crippen molar-refractivity contribution >= 4 is 22.6 Å². The maximum atomic E-state index is 6.19. The van der Waals surface area contributed by atoms with Gasteiger partial charge >= 0.3 is 0 Å². The van der Waals surface area contributed by atoms with Crippen LogP contribution in [0.15, 0.2) is 42.5 Å². The molecule has 1 aliphatic rings. The second kappa shape index (κ2) is 9.46. The molecule has 4 nitrogen and oxygen atoms in total. The predicted molar refractivity (Wildman–Crippen MR) is 110 cm³/mol. The summed E-state index contributed by atoms with van der Waals surface area (Å²) < 4.78 is 23.8. The summed E-state index contributed by atoms with van der Waals surface area (Å²) in [6.07, 6.45) is 4.90. The van der Waals surface area contributed by atoms with Crippen molar-refractivity contribution in [1.82, 2.24) is 0 Å². The summed E-state index contributed by atoms with van der Waals surface area (Å²) in [7, 11) is 3.46. The van der Waals surface area contributed by atoms with Gasteiger partial charge in [-0.1, -0.05) is 12.1 Å². The fourth-order valence-corrected chi connectivity index (χ4v) is 3.73. The summed E-state index contributed by atoms with van der Waals surface area (Å²) in [6.45, 7) is 0.529. The van der Waals surface area contributed by atoms with Gasteiger partial charge in [0.1, 0.15) is 23.9 Å². The van der Waals surface area contributed by atoms with Crippen LogP contribution < -0.4 is 14.2 Å². The molecule has 0 radical (unpaired) electrons. The van der Waals surface area contributed by atoms with Crippen LogP contribution in [-0.2, 0) is 11.3 Å². The van der Waals surface area contributed by atoms with Crippen molar-refractivity contribution in [2.45, 2.75) is 44.5 Å². The quantitative estimate of drug-likeness (QED) is 0.523. The van der Waals surface area contributed by atoms with Crippen molar-refractivity contribution in [1.29, 1.82) is 0 Å². The minimum absolute atomic E-state index is 0.279. The molecule has 2 aromatic rings. The summed E-state index contributed by atoms with van der Waals surface area (Å²) >= 11 is 2.31. The zero-order valence-corrected chi connectivity index (χ0v) is 17.4. The van der Waals surface area contributed by atoms with Crippen molar-refractivity contribution in [2.75, 3.05) is 14.2 Å². The van der Waals surface area contributed by atoms with E-state index >= 15 is 0 Å². The van der Waals surface area contributed by atoms with Gasteiger partial charge in [0, 0.05) is 7.11 Å². The monoisotopic (exact) mass is 468 g/mol. The summed E-state index contributed by atoms with van der Waals surface area (Å²) in [5.41, 5.74) is 1.11. The zero-order chi connectivity index (χ0) is 18.4. The molecule has 0 amide bonds. The second-order valence-corrected chi connectivity index (χ2v) is 7.64. The molecule has 3 rings (SSSR count). The van der Waals surface area contributed by atoms with Gasteiger partial charge in [-0.15, -0.1) is 0 Å². The molecule has 0 bridgehead atoms. The Labute approximate surface area is 168 Å². The Morgan fingerprint density at radius 3 is 2.15 bits per heavy atom. The number of rotatable bonds is 7. The number of hydrogen-bond donors (Lipinski definition) is 0. The van der Waals surface area contributed by atoms with Gasteiger partial charge in [-0.25, -0.2) is 0 Å².